The summed E-state index contributed by atoms with van der Waals surface area (Å²) < 4.78 is 0. The largest absolute Gasteiger partial charge is 0.356 e. The van der Waals surface area contributed by atoms with Gasteiger partial charge in [0.2, 0.25) is 11.8 Å². The summed E-state index contributed by atoms with van der Waals surface area (Å²) >= 11 is 0. The number of likely N-dealkylation sites (tertiary alicyclic amines) is 1. The number of hydrazine groups is 1. The third kappa shape index (κ3) is 4.84. The fraction of sp³-hybridized carbons (Fsp3) is 0.480. The zero-order valence-corrected chi connectivity index (χ0v) is 18.8. The predicted molar refractivity (Wildman–Crippen MR) is 124 cm³/mol. The molecule has 7 nitrogen and oxygen atoms in total. The second-order valence-corrected chi connectivity index (χ2v) is 8.84. The van der Waals surface area contributed by atoms with Gasteiger partial charge in [-0.2, -0.15) is 0 Å². The zero-order chi connectivity index (χ0) is 22.4. The van der Waals surface area contributed by atoms with Crippen LogP contribution in [0.1, 0.15) is 38.2 Å². The van der Waals surface area contributed by atoms with Crippen LogP contribution in [0.4, 0.5) is 0 Å². The van der Waals surface area contributed by atoms with Crippen molar-refractivity contribution in [1.82, 2.24) is 26.1 Å². The summed E-state index contributed by atoms with van der Waals surface area (Å²) in [7, 11) is 0. The van der Waals surface area contributed by atoms with E-state index >= 15 is 0 Å². The minimum absolute atomic E-state index is 0.108. The maximum atomic E-state index is 13.4. The normalized spacial score (nSPS) is 20.2. The molecule has 1 atom stereocenters. The van der Waals surface area contributed by atoms with E-state index in [0.29, 0.717) is 38.9 Å². The highest BCUT2D eigenvalue weighted by molar-refractivity contribution is 5.85. The highest BCUT2D eigenvalue weighted by Gasteiger charge is 2.43. The smallest absolute Gasteiger partial charge is 0.241 e. The van der Waals surface area contributed by atoms with Crippen LogP contribution >= 0.6 is 0 Å². The summed E-state index contributed by atoms with van der Waals surface area (Å²) in [6.07, 6.45) is 7.29. The number of amides is 2. The van der Waals surface area contributed by atoms with Gasteiger partial charge in [0.05, 0.1) is 5.41 Å². The van der Waals surface area contributed by atoms with Crippen molar-refractivity contribution in [2.24, 2.45) is 5.41 Å². The topological polar surface area (TPSA) is 86.4 Å². The van der Waals surface area contributed by atoms with Crippen LogP contribution in [-0.4, -0.2) is 53.9 Å². The summed E-state index contributed by atoms with van der Waals surface area (Å²) in [4.78, 5) is 32.3. The Hall–Kier alpha value is -2.77. The number of hydrogen-bond acceptors (Lipinski definition) is 5. The molecule has 2 aromatic rings. The van der Waals surface area contributed by atoms with Crippen LogP contribution < -0.4 is 16.2 Å². The molecule has 7 heteroatoms. The molecule has 1 unspecified atom stereocenters. The van der Waals surface area contributed by atoms with Crippen molar-refractivity contribution in [1.29, 1.82) is 0 Å². The zero-order valence-electron chi connectivity index (χ0n) is 18.8. The summed E-state index contributed by atoms with van der Waals surface area (Å²) in [5, 5.41) is 3.15. The van der Waals surface area contributed by atoms with Crippen molar-refractivity contribution in [3.05, 3.63) is 54.4 Å². The lowest BCUT2D eigenvalue weighted by Crippen LogP contribution is -2.54. The lowest BCUT2D eigenvalue weighted by Gasteiger charge is -2.41. The average Bonchev–Trinajstić information content (AvgIpc) is 3.38. The first-order valence-electron chi connectivity index (χ1n) is 11.7. The van der Waals surface area contributed by atoms with Crippen molar-refractivity contribution < 1.29 is 9.59 Å². The van der Waals surface area contributed by atoms with Crippen LogP contribution in [0.15, 0.2) is 48.8 Å². The van der Waals surface area contributed by atoms with Gasteiger partial charge in [-0.1, -0.05) is 31.2 Å². The van der Waals surface area contributed by atoms with E-state index < -0.39 is 5.41 Å². The summed E-state index contributed by atoms with van der Waals surface area (Å²) in [5.74, 6) is 0.242. The number of rotatable bonds is 7. The van der Waals surface area contributed by atoms with E-state index in [0.717, 1.165) is 36.1 Å². The van der Waals surface area contributed by atoms with Crippen LogP contribution in [0.2, 0.25) is 0 Å². The van der Waals surface area contributed by atoms with Gasteiger partial charge >= 0.3 is 0 Å². The molecule has 170 valence electrons. The molecular formula is C25H33N5O2. The number of carbonyl (C=O) groups is 2. The Morgan fingerprint density at radius 2 is 1.91 bits per heavy atom. The van der Waals surface area contributed by atoms with Crippen molar-refractivity contribution in [2.45, 2.75) is 45.1 Å². The van der Waals surface area contributed by atoms with Gasteiger partial charge < -0.3 is 10.2 Å². The molecule has 4 rings (SSSR count). The molecular weight excluding hydrogens is 402 g/mol. The second-order valence-electron chi connectivity index (χ2n) is 8.84. The maximum Gasteiger partial charge on any atom is 0.241 e. The molecule has 32 heavy (non-hydrogen) atoms. The molecule has 0 spiro atoms. The van der Waals surface area contributed by atoms with E-state index in [2.05, 4.69) is 40.2 Å². The van der Waals surface area contributed by atoms with Crippen LogP contribution in [0.3, 0.4) is 0 Å². The molecule has 2 fully saturated rings. The Kier molecular flexibility index (Phi) is 7.17. The predicted octanol–water partition coefficient (Wildman–Crippen LogP) is 2.29. The number of aromatic nitrogens is 1. The molecule has 2 amide bonds. The number of carbonyl (C=O) groups excluding carboxylic acids is 2. The Morgan fingerprint density at radius 1 is 1.16 bits per heavy atom. The van der Waals surface area contributed by atoms with E-state index in [1.54, 1.807) is 12.4 Å². The van der Waals surface area contributed by atoms with Crippen LogP contribution in [0.25, 0.3) is 11.1 Å². The SMILES string of the molecule is CCCNC(=O)C1(Cc2ccccc2-c2ccncc2)CCN(C(=O)C2CCNN2)CC1. The fourth-order valence-corrected chi connectivity index (χ4v) is 4.81. The van der Waals surface area contributed by atoms with Gasteiger partial charge in [0.15, 0.2) is 0 Å². The van der Waals surface area contributed by atoms with E-state index in [1.807, 2.05) is 29.2 Å². The van der Waals surface area contributed by atoms with Gasteiger partial charge in [-0.15, -0.1) is 0 Å². The first-order chi connectivity index (χ1) is 15.6. The van der Waals surface area contributed by atoms with Crippen molar-refractivity contribution in [2.75, 3.05) is 26.2 Å². The molecule has 0 saturated carbocycles. The third-order valence-corrected chi connectivity index (χ3v) is 6.72. The maximum absolute atomic E-state index is 13.4. The first-order valence-corrected chi connectivity index (χ1v) is 11.7. The Balaban J connectivity index is 1.56. The van der Waals surface area contributed by atoms with Gasteiger partial charge in [0.1, 0.15) is 6.04 Å². The van der Waals surface area contributed by atoms with Crippen molar-refractivity contribution >= 4 is 11.8 Å². The van der Waals surface area contributed by atoms with Gasteiger partial charge in [-0.3, -0.25) is 20.0 Å². The lowest BCUT2D eigenvalue weighted by atomic mass is 9.72. The van der Waals surface area contributed by atoms with Gasteiger partial charge in [-0.25, -0.2) is 5.43 Å². The van der Waals surface area contributed by atoms with E-state index in [-0.39, 0.29) is 17.9 Å². The Bertz CT molecular complexity index is 919. The monoisotopic (exact) mass is 435 g/mol. The molecule has 0 aliphatic carbocycles. The highest BCUT2D eigenvalue weighted by atomic mass is 16.2. The second kappa shape index (κ2) is 10.2. The van der Waals surface area contributed by atoms with Crippen LogP contribution in [0, 0.1) is 5.41 Å². The minimum Gasteiger partial charge on any atom is -0.356 e. The minimum atomic E-state index is -0.517. The van der Waals surface area contributed by atoms with E-state index in [4.69, 9.17) is 0 Å². The standard InChI is InChI=1S/C25H33N5O2/c1-2-12-27-24(32)25(10-16-30(17-11-25)23(31)22-9-15-28-29-22)18-20-5-3-4-6-21(20)19-7-13-26-14-8-19/h3-8,13-14,22,28-29H,2,9-12,15-18H2,1H3,(H,27,32). The number of hydrogen-bond donors (Lipinski definition) is 3. The first kappa shape index (κ1) is 22.4. The lowest BCUT2D eigenvalue weighted by molar-refractivity contribution is -0.141. The van der Waals surface area contributed by atoms with Crippen molar-refractivity contribution in [3.8, 4) is 11.1 Å². The van der Waals surface area contributed by atoms with Gasteiger partial charge in [0, 0.05) is 38.6 Å². The van der Waals surface area contributed by atoms with Crippen molar-refractivity contribution in [3.63, 3.8) is 0 Å². The number of nitrogens with one attached hydrogen (secondary N) is 3. The molecule has 0 bridgehead atoms. The van der Waals surface area contributed by atoms with Gasteiger partial charge in [-0.05, 0) is 60.9 Å². The van der Waals surface area contributed by atoms with E-state index in [9.17, 15) is 9.59 Å². The highest BCUT2D eigenvalue weighted by Crippen LogP contribution is 2.38. The molecule has 1 aromatic heterocycles. The Labute approximate surface area is 190 Å². The number of pyridine rings is 1. The van der Waals surface area contributed by atoms with E-state index in [1.165, 1.54) is 0 Å². The van der Waals surface area contributed by atoms with Gasteiger partial charge in [0.25, 0.3) is 0 Å². The fourth-order valence-electron chi connectivity index (χ4n) is 4.81. The molecule has 3 heterocycles. The summed E-state index contributed by atoms with van der Waals surface area (Å²) in [5.41, 5.74) is 8.99. The average molecular weight is 436 g/mol. The molecule has 2 aliphatic rings. The Morgan fingerprint density at radius 3 is 2.59 bits per heavy atom. The summed E-state index contributed by atoms with van der Waals surface area (Å²) in [6.45, 7) is 4.75. The summed E-state index contributed by atoms with van der Waals surface area (Å²) in [6, 6.07) is 12.2. The van der Waals surface area contributed by atoms with Crippen LogP contribution in [0.5, 0.6) is 0 Å². The number of benzene rings is 1. The molecule has 2 saturated heterocycles. The molecule has 2 aliphatic heterocycles. The van der Waals surface area contributed by atoms with Crippen LogP contribution in [-0.2, 0) is 16.0 Å². The number of nitrogens with zero attached hydrogens (tertiary/aromatic N) is 2. The quantitative estimate of drug-likeness (QED) is 0.621. The molecule has 0 radical (unpaired) electrons. The number of piperidine rings is 1. The third-order valence-electron chi connectivity index (χ3n) is 6.72. The molecule has 3 N–H and O–H groups in total. The molecule has 1 aromatic carbocycles.